The maximum atomic E-state index is 12.5. The number of sulfonamides is 1. The van der Waals surface area contributed by atoms with Crippen LogP contribution in [0.15, 0.2) is 52.3 Å². The van der Waals surface area contributed by atoms with E-state index in [0.29, 0.717) is 5.56 Å². The van der Waals surface area contributed by atoms with Gasteiger partial charge in [0, 0.05) is 0 Å². The van der Waals surface area contributed by atoms with E-state index in [9.17, 15) is 16.8 Å². The molecule has 1 N–H and O–H groups in total. The van der Waals surface area contributed by atoms with Crippen molar-refractivity contribution >= 4 is 43.1 Å². The Bertz CT molecular complexity index is 988. The van der Waals surface area contributed by atoms with Gasteiger partial charge in [-0.05, 0) is 29.8 Å². The Morgan fingerprint density at radius 1 is 1.04 bits per heavy atom. The standard InChI is InChI=1S/C14H11Cl2NO4S2/c15-11-6-5-9(7-12(11)16)23(20,21)17-13-8-22(18,19)14-4-2-1-3-10(13)14/h1-7,13,17H,8H2. The summed E-state index contributed by atoms with van der Waals surface area (Å²) < 4.78 is 51.6. The van der Waals surface area contributed by atoms with Crippen LogP contribution in [0.3, 0.4) is 0 Å². The maximum absolute atomic E-state index is 12.5. The van der Waals surface area contributed by atoms with Gasteiger partial charge in [0.2, 0.25) is 10.0 Å². The predicted molar refractivity (Wildman–Crippen MR) is 88.0 cm³/mol. The fraction of sp³-hybridized carbons (Fsp3) is 0.143. The van der Waals surface area contributed by atoms with Gasteiger partial charge in [0.1, 0.15) is 0 Å². The fourth-order valence-electron chi connectivity index (χ4n) is 2.45. The molecule has 3 rings (SSSR count). The molecule has 0 amide bonds. The van der Waals surface area contributed by atoms with Crippen LogP contribution in [-0.2, 0) is 19.9 Å². The van der Waals surface area contributed by atoms with Gasteiger partial charge < -0.3 is 0 Å². The van der Waals surface area contributed by atoms with Gasteiger partial charge in [0.15, 0.2) is 9.84 Å². The molecule has 1 aliphatic heterocycles. The Balaban J connectivity index is 1.98. The van der Waals surface area contributed by atoms with Crippen molar-refractivity contribution in [3.05, 3.63) is 58.1 Å². The van der Waals surface area contributed by atoms with Crippen molar-refractivity contribution in [2.45, 2.75) is 15.8 Å². The third-order valence-corrected chi connectivity index (χ3v) is 7.54. The van der Waals surface area contributed by atoms with Gasteiger partial charge >= 0.3 is 0 Å². The van der Waals surface area contributed by atoms with Crippen molar-refractivity contribution in [2.24, 2.45) is 0 Å². The van der Waals surface area contributed by atoms with Crippen LogP contribution >= 0.6 is 23.2 Å². The number of fused-ring (bicyclic) bond motifs is 1. The molecule has 1 unspecified atom stereocenters. The molecule has 0 spiro atoms. The van der Waals surface area contributed by atoms with Crippen LogP contribution in [-0.4, -0.2) is 22.6 Å². The second-order valence-corrected chi connectivity index (χ2v) is 9.60. The first-order valence-corrected chi connectivity index (χ1v) is 10.4. The lowest BCUT2D eigenvalue weighted by atomic mass is 10.1. The minimum Gasteiger partial charge on any atom is -0.224 e. The van der Waals surface area contributed by atoms with Gasteiger partial charge in [-0.3, -0.25) is 0 Å². The Hall–Kier alpha value is -1.12. The lowest BCUT2D eigenvalue weighted by Gasteiger charge is -2.13. The average molecular weight is 392 g/mol. The van der Waals surface area contributed by atoms with Gasteiger partial charge in [-0.25, -0.2) is 21.6 Å². The number of hydrogen-bond donors (Lipinski definition) is 1. The van der Waals surface area contributed by atoms with Gasteiger partial charge in [-0.1, -0.05) is 41.4 Å². The molecule has 0 bridgehead atoms. The largest absolute Gasteiger partial charge is 0.241 e. The minimum absolute atomic E-state index is 0.0753. The number of halogens is 2. The molecule has 2 aromatic rings. The van der Waals surface area contributed by atoms with Crippen LogP contribution in [0.5, 0.6) is 0 Å². The quantitative estimate of drug-likeness (QED) is 0.871. The fourth-order valence-corrected chi connectivity index (χ4v) is 5.89. The summed E-state index contributed by atoms with van der Waals surface area (Å²) in [6, 6.07) is 9.41. The molecular weight excluding hydrogens is 381 g/mol. The highest BCUT2D eigenvalue weighted by atomic mass is 35.5. The molecule has 5 nitrogen and oxygen atoms in total. The molecular formula is C14H11Cl2NO4S2. The van der Waals surface area contributed by atoms with Crippen molar-refractivity contribution in [3.8, 4) is 0 Å². The third-order valence-electron chi connectivity index (χ3n) is 3.51. The summed E-state index contributed by atoms with van der Waals surface area (Å²) in [4.78, 5) is 0.0792. The van der Waals surface area contributed by atoms with Crippen LogP contribution in [0.25, 0.3) is 0 Å². The number of rotatable bonds is 3. The molecule has 0 aliphatic carbocycles. The van der Waals surface area contributed by atoms with Gasteiger partial charge in [0.25, 0.3) is 0 Å². The predicted octanol–water partition coefficient (Wildman–Crippen LogP) is 2.80. The SMILES string of the molecule is O=S1(=O)CC(NS(=O)(=O)c2ccc(Cl)c(Cl)c2)c2ccccc21. The second-order valence-electron chi connectivity index (χ2n) is 5.07. The van der Waals surface area contributed by atoms with E-state index >= 15 is 0 Å². The lowest BCUT2D eigenvalue weighted by Crippen LogP contribution is -2.29. The summed E-state index contributed by atoms with van der Waals surface area (Å²) >= 11 is 11.6. The molecule has 1 aliphatic rings. The van der Waals surface area contributed by atoms with Crippen molar-refractivity contribution in [1.29, 1.82) is 0 Å². The normalized spacial score (nSPS) is 19.5. The summed E-state index contributed by atoms with van der Waals surface area (Å²) in [6.45, 7) is 0. The second kappa shape index (κ2) is 5.75. The topological polar surface area (TPSA) is 80.3 Å². The van der Waals surface area contributed by atoms with E-state index in [2.05, 4.69) is 4.72 Å². The monoisotopic (exact) mass is 391 g/mol. The smallest absolute Gasteiger partial charge is 0.224 e. The maximum Gasteiger partial charge on any atom is 0.241 e. The van der Waals surface area contributed by atoms with Crippen molar-refractivity contribution in [1.82, 2.24) is 4.72 Å². The molecule has 0 fully saturated rings. The highest BCUT2D eigenvalue weighted by molar-refractivity contribution is 7.92. The summed E-state index contributed by atoms with van der Waals surface area (Å²) in [7, 11) is -7.43. The Labute approximate surface area is 144 Å². The molecule has 0 radical (unpaired) electrons. The van der Waals surface area contributed by atoms with Gasteiger partial charge in [0.05, 0.1) is 31.6 Å². The van der Waals surface area contributed by atoms with E-state index in [0.717, 1.165) is 0 Å². The number of benzene rings is 2. The number of nitrogens with one attached hydrogen (secondary N) is 1. The molecule has 9 heteroatoms. The van der Waals surface area contributed by atoms with E-state index < -0.39 is 25.9 Å². The van der Waals surface area contributed by atoms with E-state index in [4.69, 9.17) is 23.2 Å². The average Bonchev–Trinajstić information content (AvgIpc) is 2.73. The van der Waals surface area contributed by atoms with Gasteiger partial charge in [-0.15, -0.1) is 0 Å². The van der Waals surface area contributed by atoms with Crippen molar-refractivity contribution in [2.75, 3.05) is 5.75 Å². The Morgan fingerprint density at radius 2 is 1.74 bits per heavy atom. The van der Waals surface area contributed by atoms with Crippen LogP contribution in [0.1, 0.15) is 11.6 Å². The first kappa shape index (κ1) is 16.7. The van der Waals surface area contributed by atoms with Crippen LogP contribution < -0.4 is 4.72 Å². The molecule has 0 saturated heterocycles. The van der Waals surface area contributed by atoms with Crippen LogP contribution in [0.2, 0.25) is 10.0 Å². The zero-order chi connectivity index (χ0) is 16.8. The molecule has 0 saturated carbocycles. The van der Waals surface area contributed by atoms with E-state index in [1.54, 1.807) is 18.2 Å². The number of hydrogen-bond acceptors (Lipinski definition) is 4. The highest BCUT2D eigenvalue weighted by Gasteiger charge is 2.36. The van der Waals surface area contributed by atoms with Crippen molar-refractivity contribution < 1.29 is 16.8 Å². The summed E-state index contributed by atoms with van der Waals surface area (Å²) in [6.07, 6.45) is 0. The molecule has 0 aromatic heterocycles. The molecule has 1 atom stereocenters. The molecule has 23 heavy (non-hydrogen) atoms. The molecule has 122 valence electrons. The lowest BCUT2D eigenvalue weighted by molar-refractivity contribution is 0.566. The zero-order valence-corrected chi connectivity index (χ0v) is 14.7. The van der Waals surface area contributed by atoms with E-state index in [1.807, 2.05) is 0 Å². The highest BCUT2D eigenvalue weighted by Crippen LogP contribution is 2.34. The summed E-state index contributed by atoms with van der Waals surface area (Å²) in [5.41, 5.74) is 0.441. The molecule has 1 heterocycles. The zero-order valence-electron chi connectivity index (χ0n) is 11.5. The Morgan fingerprint density at radius 3 is 2.43 bits per heavy atom. The first-order valence-electron chi connectivity index (χ1n) is 6.50. The van der Waals surface area contributed by atoms with Crippen molar-refractivity contribution in [3.63, 3.8) is 0 Å². The molecule has 2 aromatic carbocycles. The Kier molecular flexibility index (Phi) is 4.18. The first-order chi connectivity index (χ1) is 10.7. The summed E-state index contributed by atoms with van der Waals surface area (Å²) in [5.74, 6) is -0.313. The van der Waals surface area contributed by atoms with Crippen LogP contribution in [0.4, 0.5) is 0 Å². The number of sulfone groups is 1. The van der Waals surface area contributed by atoms with Crippen LogP contribution in [0, 0.1) is 0 Å². The summed E-state index contributed by atoms with van der Waals surface area (Å²) in [5, 5.41) is 0.341. The minimum atomic E-state index is -3.93. The third kappa shape index (κ3) is 3.12. The van der Waals surface area contributed by atoms with E-state index in [-0.39, 0.29) is 25.6 Å². The van der Waals surface area contributed by atoms with E-state index in [1.165, 1.54) is 24.3 Å². The van der Waals surface area contributed by atoms with Gasteiger partial charge in [-0.2, -0.15) is 0 Å².